The van der Waals surface area contributed by atoms with Gasteiger partial charge >= 0.3 is 0 Å². The molecule has 0 spiro atoms. The zero-order valence-corrected chi connectivity index (χ0v) is 8.16. The molecule has 0 aliphatic carbocycles. The number of benzene rings is 1. The average molecular weight is 209 g/mol. The number of nitrogens with zero attached hydrogens (tertiary/aromatic N) is 1. The fourth-order valence-corrected chi connectivity index (χ4v) is 1.63. The molecule has 1 aromatic rings. The van der Waals surface area contributed by atoms with E-state index in [9.17, 15) is 9.18 Å². The Bertz CT molecular complexity index is 394. The fraction of sp³-hybridized carbons (Fsp3) is 0.300. The summed E-state index contributed by atoms with van der Waals surface area (Å²) in [6, 6.07) is 4.17. The minimum atomic E-state index is -0.342. The van der Waals surface area contributed by atoms with E-state index < -0.39 is 0 Å². The van der Waals surface area contributed by atoms with Gasteiger partial charge in [-0.3, -0.25) is 4.79 Å². The Morgan fingerprint density at radius 3 is 3.00 bits per heavy atom. The van der Waals surface area contributed by atoms with Gasteiger partial charge in [0.1, 0.15) is 5.82 Å². The molecule has 0 unspecified atom stereocenters. The van der Waals surface area contributed by atoms with E-state index in [0.717, 1.165) is 0 Å². The molecule has 0 atom stereocenters. The summed E-state index contributed by atoms with van der Waals surface area (Å²) in [6.07, 6.45) is 0. The van der Waals surface area contributed by atoms with Crippen LogP contribution in [0, 0.1) is 5.82 Å². The first kappa shape index (κ1) is 9.76. The highest BCUT2D eigenvalue weighted by atomic mass is 19.1. The monoisotopic (exact) mass is 209 g/mol. The number of nitrogens with one attached hydrogen (secondary N) is 1. The molecule has 1 aliphatic rings. The summed E-state index contributed by atoms with van der Waals surface area (Å²) in [5.74, 6) is -0.407. The van der Waals surface area contributed by atoms with Crippen molar-refractivity contribution in [3.05, 3.63) is 24.0 Å². The van der Waals surface area contributed by atoms with Gasteiger partial charge in [-0.05, 0) is 18.2 Å². The van der Waals surface area contributed by atoms with E-state index in [1.54, 1.807) is 4.90 Å². The van der Waals surface area contributed by atoms with Crippen LogP contribution in [0.25, 0.3) is 0 Å². The summed E-state index contributed by atoms with van der Waals surface area (Å²) >= 11 is 0. The highest BCUT2D eigenvalue weighted by Crippen LogP contribution is 2.24. The van der Waals surface area contributed by atoms with E-state index in [1.165, 1.54) is 18.2 Å². The maximum atomic E-state index is 13.0. The highest BCUT2D eigenvalue weighted by molar-refractivity contribution is 5.84. The molecule has 1 aromatic carbocycles. The molecule has 0 saturated carbocycles. The zero-order valence-electron chi connectivity index (χ0n) is 8.16. The number of piperazine rings is 1. The Kier molecular flexibility index (Phi) is 2.45. The van der Waals surface area contributed by atoms with Crippen molar-refractivity contribution in [3.63, 3.8) is 0 Å². The lowest BCUT2D eigenvalue weighted by Gasteiger charge is -2.29. The van der Waals surface area contributed by atoms with Crippen molar-refractivity contribution < 1.29 is 9.18 Å². The van der Waals surface area contributed by atoms with Crippen LogP contribution >= 0.6 is 0 Å². The molecular formula is C10H12FN3O. The van der Waals surface area contributed by atoms with E-state index in [-0.39, 0.29) is 18.3 Å². The van der Waals surface area contributed by atoms with Crippen LogP contribution in [0.3, 0.4) is 0 Å². The van der Waals surface area contributed by atoms with Gasteiger partial charge in [-0.25, -0.2) is 4.39 Å². The predicted octanol–water partition coefficient (Wildman–Crippen LogP) is 0.344. The van der Waals surface area contributed by atoms with Crippen LogP contribution in [0.4, 0.5) is 15.8 Å². The van der Waals surface area contributed by atoms with E-state index in [0.29, 0.717) is 24.5 Å². The number of hydrogen-bond acceptors (Lipinski definition) is 3. The average Bonchev–Trinajstić information content (AvgIpc) is 2.22. The Morgan fingerprint density at radius 2 is 2.27 bits per heavy atom. The number of nitrogen functional groups attached to an aromatic ring is 1. The molecule has 0 radical (unpaired) electrons. The third-order valence-corrected chi connectivity index (χ3v) is 2.37. The molecule has 1 heterocycles. The van der Waals surface area contributed by atoms with Gasteiger partial charge < -0.3 is 16.0 Å². The zero-order chi connectivity index (χ0) is 10.8. The van der Waals surface area contributed by atoms with Crippen LogP contribution in [0.1, 0.15) is 0 Å². The lowest BCUT2D eigenvalue weighted by molar-refractivity contribution is -0.120. The minimum absolute atomic E-state index is 0.0649. The number of anilines is 2. The van der Waals surface area contributed by atoms with E-state index in [2.05, 4.69) is 5.32 Å². The first-order valence-electron chi connectivity index (χ1n) is 4.73. The first-order chi connectivity index (χ1) is 7.16. The Labute approximate surface area is 86.9 Å². The van der Waals surface area contributed by atoms with Crippen LogP contribution < -0.4 is 16.0 Å². The second-order valence-corrected chi connectivity index (χ2v) is 3.47. The second kappa shape index (κ2) is 3.76. The standard InChI is InChI=1S/C10H12FN3O/c11-7-1-2-8(12)9(5-7)14-4-3-13-10(15)6-14/h1-2,5H,3-4,6,12H2,(H,13,15). The molecule has 1 saturated heterocycles. The van der Waals surface area contributed by atoms with Crippen molar-refractivity contribution in [2.45, 2.75) is 0 Å². The number of halogens is 1. The molecule has 3 N–H and O–H groups in total. The van der Waals surface area contributed by atoms with Gasteiger partial charge in [-0.15, -0.1) is 0 Å². The van der Waals surface area contributed by atoms with Gasteiger partial charge in [0.25, 0.3) is 0 Å². The van der Waals surface area contributed by atoms with Crippen molar-refractivity contribution in [3.8, 4) is 0 Å². The summed E-state index contributed by atoms with van der Waals surface area (Å²) in [5, 5.41) is 2.70. The van der Waals surface area contributed by atoms with Crippen LogP contribution in [0.2, 0.25) is 0 Å². The number of rotatable bonds is 1. The fourth-order valence-electron chi connectivity index (χ4n) is 1.63. The number of nitrogens with two attached hydrogens (primary N) is 1. The summed E-state index contributed by atoms with van der Waals surface area (Å²) in [4.78, 5) is 12.9. The lowest BCUT2D eigenvalue weighted by Crippen LogP contribution is -2.47. The van der Waals surface area contributed by atoms with Gasteiger partial charge in [-0.2, -0.15) is 0 Å². The third kappa shape index (κ3) is 2.01. The largest absolute Gasteiger partial charge is 0.397 e. The second-order valence-electron chi connectivity index (χ2n) is 3.47. The maximum Gasteiger partial charge on any atom is 0.239 e. The molecule has 2 rings (SSSR count). The Balaban J connectivity index is 2.27. The van der Waals surface area contributed by atoms with Crippen molar-refractivity contribution in [1.29, 1.82) is 0 Å². The van der Waals surface area contributed by atoms with Gasteiger partial charge in [0.05, 0.1) is 17.9 Å². The SMILES string of the molecule is Nc1ccc(F)cc1N1CCNC(=O)C1. The van der Waals surface area contributed by atoms with Gasteiger partial charge in [0.15, 0.2) is 0 Å². The summed E-state index contributed by atoms with van der Waals surface area (Å²) in [7, 11) is 0. The topological polar surface area (TPSA) is 58.4 Å². The van der Waals surface area contributed by atoms with Crippen molar-refractivity contribution >= 4 is 17.3 Å². The molecule has 5 heteroatoms. The van der Waals surface area contributed by atoms with E-state index in [1.807, 2.05) is 0 Å². The summed E-state index contributed by atoms with van der Waals surface area (Å²) in [6.45, 7) is 1.45. The number of amides is 1. The van der Waals surface area contributed by atoms with Gasteiger partial charge in [0, 0.05) is 13.1 Å². The molecule has 4 nitrogen and oxygen atoms in total. The van der Waals surface area contributed by atoms with Gasteiger partial charge in [0.2, 0.25) is 5.91 Å². The molecule has 1 fully saturated rings. The molecule has 15 heavy (non-hydrogen) atoms. The third-order valence-electron chi connectivity index (χ3n) is 2.37. The summed E-state index contributed by atoms with van der Waals surface area (Å²) in [5.41, 5.74) is 6.81. The summed E-state index contributed by atoms with van der Waals surface area (Å²) < 4.78 is 13.0. The molecule has 1 amide bonds. The number of carbonyl (C=O) groups is 1. The van der Waals surface area contributed by atoms with Crippen molar-refractivity contribution in [2.75, 3.05) is 30.3 Å². The molecule has 1 aliphatic heterocycles. The van der Waals surface area contributed by atoms with E-state index >= 15 is 0 Å². The Hall–Kier alpha value is -1.78. The van der Waals surface area contributed by atoms with Crippen LogP contribution in [-0.4, -0.2) is 25.5 Å². The molecular weight excluding hydrogens is 197 g/mol. The van der Waals surface area contributed by atoms with Gasteiger partial charge in [-0.1, -0.05) is 0 Å². The normalized spacial score (nSPS) is 16.3. The van der Waals surface area contributed by atoms with Crippen LogP contribution in [0.5, 0.6) is 0 Å². The first-order valence-corrected chi connectivity index (χ1v) is 4.73. The molecule has 80 valence electrons. The van der Waals surface area contributed by atoms with Crippen molar-refractivity contribution in [1.82, 2.24) is 5.32 Å². The number of carbonyl (C=O) groups excluding carboxylic acids is 1. The van der Waals surface area contributed by atoms with Crippen LogP contribution in [-0.2, 0) is 4.79 Å². The maximum absolute atomic E-state index is 13.0. The highest BCUT2D eigenvalue weighted by Gasteiger charge is 2.18. The number of hydrogen-bond donors (Lipinski definition) is 2. The molecule has 0 bridgehead atoms. The molecule has 0 aromatic heterocycles. The van der Waals surface area contributed by atoms with Crippen molar-refractivity contribution in [2.24, 2.45) is 0 Å². The quantitative estimate of drug-likeness (QED) is 0.656. The predicted molar refractivity (Wildman–Crippen MR) is 56.0 cm³/mol. The van der Waals surface area contributed by atoms with E-state index in [4.69, 9.17) is 5.73 Å². The minimum Gasteiger partial charge on any atom is -0.397 e. The smallest absolute Gasteiger partial charge is 0.239 e. The lowest BCUT2D eigenvalue weighted by atomic mass is 10.2. The van der Waals surface area contributed by atoms with Crippen LogP contribution in [0.15, 0.2) is 18.2 Å². The Morgan fingerprint density at radius 1 is 1.47 bits per heavy atom.